The largest absolute Gasteiger partial charge is 0.465 e. The predicted octanol–water partition coefficient (Wildman–Crippen LogP) is 5.18. The van der Waals surface area contributed by atoms with Crippen LogP contribution in [0, 0.1) is 5.41 Å². The first kappa shape index (κ1) is 22.9. The van der Waals surface area contributed by atoms with Gasteiger partial charge in [0.1, 0.15) is 0 Å². The Morgan fingerprint density at radius 2 is 1.76 bits per heavy atom. The van der Waals surface area contributed by atoms with Gasteiger partial charge in [-0.3, -0.25) is 4.79 Å². The highest BCUT2D eigenvalue weighted by molar-refractivity contribution is 6.31. The van der Waals surface area contributed by atoms with E-state index in [2.05, 4.69) is 26.1 Å². The molecule has 5 nitrogen and oxygen atoms in total. The second kappa shape index (κ2) is 9.90. The van der Waals surface area contributed by atoms with E-state index < -0.39 is 5.97 Å². The number of methoxy groups -OCH3 is 1. The number of amides is 1. The van der Waals surface area contributed by atoms with Crippen molar-refractivity contribution in [3.8, 4) is 0 Å². The number of carbonyl (C=O) groups excluding carboxylic acids is 2. The van der Waals surface area contributed by atoms with Crippen LogP contribution in [-0.4, -0.2) is 25.6 Å². The molecule has 2 rings (SSSR count). The number of esters is 1. The number of halogens is 1. The Morgan fingerprint density at radius 3 is 2.34 bits per heavy atom. The summed E-state index contributed by atoms with van der Waals surface area (Å²) in [6, 6.07) is 11.9. The average Bonchev–Trinajstić information content (AvgIpc) is 2.67. The van der Waals surface area contributed by atoms with Crippen molar-refractivity contribution >= 4 is 23.5 Å². The second-order valence-corrected chi connectivity index (χ2v) is 8.60. The Hall–Kier alpha value is -2.37. The highest BCUT2D eigenvalue weighted by Crippen LogP contribution is 2.21. The molecule has 29 heavy (non-hydrogen) atoms. The summed E-state index contributed by atoms with van der Waals surface area (Å²) in [5.74, 6) is -0.626. The summed E-state index contributed by atoms with van der Waals surface area (Å²) in [5.41, 5.74) is 2.65. The zero-order chi connectivity index (χ0) is 21.6. The molecule has 0 radical (unpaired) electrons. The summed E-state index contributed by atoms with van der Waals surface area (Å²) < 4.78 is 10.5. The topological polar surface area (TPSA) is 64.6 Å². The molecule has 0 unspecified atom stereocenters. The van der Waals surface area contributed by atoms with Gasteiger partial charge in [-0.15, -0.1) is 0 Å². The van der Waals surface area contributed by atoms with Gasteiger partial charge in [-0.05, 0) is 47.7 Å². The summed E-state index contributed by atoms with van der Waals surface area (Å²) >= 11 is 6.12. The van der Waals surface area contributed by atoms with Crippen molar-refractivity contribution in [1.29, 1.82) is 0 Å². The third-order valence-corrected chi connectivity index (χ3v) is 4.52. The summed E-state index contributed by atoms with van der Waals surface area (Å²) in [7, 11) is 1.34. The minimum absolute atomic E-state index is 0.0414. The lowest BCUT2D eigenvalue weighted by Gasteiger charge is -2.20. The fraction of sp³-hybridized carbons (Fsp3) is 0.391. The van der Waals surface area contributed by atoms with E-state index in [4.69, 9.17) is 21.1 Å². The van der Waals surface area contributed by atoms with E-state index in [0.717, 1.165) is 11.1 Å². The molecule has 1 amide bonds. The number of hydrogen-bond donors (Lipinski definition) is 1. The number of benzene rings is 2. The standard InChI is InChI=1S/C23H28ClNO4/c1-15(16-6-8-17(9-7-16)22(27)28-5)25-21(26)20-12-19(24)11-10-18(20)13-29-14-23(2,3)4/h6-12,15H,13-14H2,1-5H3,(H,25,26)/t15-/m0/s1. The van der Waals surface area contributed by atoms with Gasteiger partial charge in [-0.2, -0.15) is 0 Å². The van der Waals surface area contributed by atoms with Crippen molar-refractivity contribution in [2.75, 3.05) is 13.7 Å². The van der Waals surface area contributed by atoms with Gasteiger partial charge in [-0.25, -0.2) is 4.79 Å². The second-order valence-electron chi connectivity index (χ2n) is 8.16. The van der Waals surface area contributed by atoms with Crippen molar-refractivity contribution in [2.24, 2.45) is 5.41 Å². The van der Waals surface area contributed by atoms with Crippen LogP contribution in [-0.2, 0) is 16.1 Å². The maximum atomic E-state index is 12.9. The van der Waals surface area contributed by atoms with E-state index >= 15 is 0 Å². The smallest absolute Gasteiger partial charge is 0.337 e. The number of rotatable bonds is 7. The van der Waals surface area contributed by atoms with Gasteiger partial charge < -0.3 is 14.8 Å². The lowest BCUT2D eigenvalue weighted by atomic mass is 9.98. The summed E-state index contributed by atoms with van der Waals surface area (Å²) in [6.07, 6.45) is 0. The van der Waals surface area contributed by atoms with Gasteiger partial charge in [0.15, 0.2) is 0 Å². The molecule has 0 aliphatic carbocycles. The minimum atomic E-state index is -0.396. The number of carbonyl (C=O) groups is 2. The molecule has 0 aliphatic heterocycles. The molecule has 0 saturated heterocycles. The molecule has 0 aromatic heterocycles. The third-order valence-electron chi connectivity index (χ3n) is 4.29. The Balaban J connectivity index is 2.11. The van der Waals surface area contributed by atoms with Gasteiger partial charge in [0, 0.05) is 10.6 Å². The first-order valence-electron chi connectivity index (χ1n) is 9.46. The average molecular weight is 418 g/mol. The molecule has 2 aromatic rings. The van der Waals surface area contributed by atoms with Crippen LogP contribution in [0.1, 0.15) is 65.6 Å². The molecule has 0 aliphatic rings. The van der Waals surface area contributed by atoms with Gasteiger partial charge in [0.25, 0.3) is 5.91 Å². The minimum Gasteiger partial charge on any atom is -0.465 e. The molecular weight excluding hydrogens is 390 g/mol. The van der Waals surface area contributed by atoms with Crippen molar-refractivity contribution < 1.29 is 19.1 Å². The zero-order valence-electron chi connectivity index (χ0n) is 17.5. The molecule has 0 fully saturated rings. The summed E-state index contributed by atoms with van der Waals surface area (Å²) in [5, 5.41) is 3.47. The van der Waals surface area contributed by atoms with E-state index in [9.17, 15) is 9.59 Å². The first-order valence-corrected chi connectivity index (χ1v) is 9.84. The van der Waals surface area contributed by atoms with Crippen LogP contribution in [0.3, 0.4) is 0 Å². The summed E-state index contributed by atoms with van der Waals surface area (Å²) in [6.45, 7) is 9.07. The number of ether oxygens (including phenoxy) is 2. The van der Waals surface area contributed by atoms with Crippen LogP contribution >= 0.6 is 11.6 Å². The first-order chi connectivity index (χ1) is 13.6. The van der Waals surface area contributed by atoms with Crippen LogP contribution in [0.25, 0.3) is 0 Å². The van der Waals surface area contributed by atoms with E-state index in [-0.39, 0.29) is 17.4 Å². The highest BCUT2D eigenvalue weighted by atomic mass is 35.5. The quantitative estimate of drug-likeness (QED) is 0.630. The Kier molecular flexibility index (Phi) is 7.82. The van der Waals surface area contributed by atoms with Crippen LogP contribution in [0.4, 0.5) is 0 Å². The number of hydrogen-bond acceptors (Lipinski definition) is 4. The van der Waals surface area contributed by atoms with Gasteiger partial charge in [-0.1, -0.05) is 50.6 Å². The Morgan fingerprint density at radius 1 is 1.10 bits per heavy atom. The van der Waals surface area contributed by atoms with Crippen molar-refractivity contribution in [2.45, 2.75) is 40.3 Å². The van der Waals surface area contributed by atoms with E-state index in [1.807, 2.05) is 13.0 Å². The van der Waals surface area contributed by atoms with Crippen LogP contribution in [0.2, 0.25) is 5.02 Å². The molecule has 156 valence electrons. The predicted molar refractivity (Wildman–Crippen MR) is 114 cm³/mol. The van der Waals surface area contributed by atoms with Gasteiger partial charge in [0.2, 0.25) is 0 Å². The van der Waals surface area contributed by atoms with E-state index in [1.54, 1.807) is 36.4 Å². The molecule has 2 aromatic carbocycles. The third kappa shape index (κ3) is 6.87. The Bertz CT molecular complexity index is 856. The maximum Gasteiger partial charge on any atom is 0.337 e. The lowest BCUT2D eigenvalue weighted by Crippen LogP contribution is -2.28. The molecule has 0 saturated carbocycles. The fourth-order valence-electron chi connectivity index (χ4n) is 2.74. The highest BCUT2D eigenvalue weighted by Gasteiger charge is 2.17. The molecule has 0 heterocycles. The molecular formula is C23H28ClNO4. The molecule has 1 atom stereocenters. The van der Waals surface area contributed by atoms with E-state index in [0.29, 0.717) is 29.4 Å². The zero-order valence-corrected chi connectivity index (χ0v) is 18.3. The SMILES string of the molecule is COC(=O)c1ccc([C@H](C)NC(=O)c2cc(Cl)ccc2COCC(C)(C)C)cc1. The van der Waals surface area contributed by atoms with E-state index in [1.165, 1.54) is 7.11 Å². The lowest BCUT2D eigenvalue weighted by molar-refractivity contribution is 0.0591. The van der Waals surface area contributed by atoms with Crippen molar-refractivity contribution in [3.63, 3.8) is 0 Å². The van der Waals surface area contributed by atoms with Crippen LogP contribution in [0.15, 0.2) is 42.5 Å². The molecule has 0 spiro atoms. The maximum absolute atomic E-state index is 12.9. The van der Waals surface area contributed by atoms with Gasteiger partial charge in [0.05, 0.1) is 31.9 Å². The Labute approximate surface area is 177 Å². The normalized spacial score (nSPS) is 12.3. The monoisotopic (exact) mass is 417 g/mol. The molecule has 1 N–H and O–H groups in total. The number of nitrogens with one attached hydrogen (secondary N) is 1. The van der Waals surface area contributed by atoms with Gasteiger partial charge >= 0.3 is 5.97 Å². The molecule has 0 bridgehead atoms. The van der Waals surface area contributed by atoms with Crippen LogP contribution < -0.4 is 5.32 Å². The van der Waals surface area contributed by atoms with Crippen LogP contribution in [0.5, 0.6) is 0 Å². The fourth-order valence-corrected chi connectivity index (χ4v) is 2.91. The molecule has 6 heteroatoms. The summed E-state index contributed by atoms with van der Waals surface area (Å²) in [4.78, 5) is 24.4. The van der Waals surface area contributed by atoms with Crippen molar-refractivity contribution in [1.82, 2.24) is 5.32 Å². The van der Waals surface area contributed by atoms with Crippen molar-refractivity contribution in [3.05, 3.63) is 69.7 Å².